The normalized spacial score (nSPS) is 19.8. The average Bonchev–Trinajstić information content (AvgIpc) is 3.24. The summed E-state index contributed by atoms with van der Waals surface area (Å²) < 4.78 is 5.95. The quantitative estimate of drug-likeness (QED) is 0.308. The molecule has 3 rings (SSSR count). The summed E-state index contributed by atoms with van der Waals surface area (Å²) in [7, 11) is 1.79. The molecule has 0 spiro atoms. The van der Waals surface area contributed by atoms with Gasteiger partial charge in [-0.1, -0.05) is 51.3 Å². The summed E-state index contributed by atoms with van der Waals surface area (Å²) >= 11 is 0. The number of hydrogen-bond donors (Lipinski definition) is 2. The third kappa shape index (κ3) is 7.84. The van der Waals surface area contributed by atoms with E-state index in [1.807, 2.05) is 18.2 Å². The highest BCUT2D eigenvalue weighted by molar-refractivity contribution is 14.0. The largest absolute Gasteiger partial charge is 0.493 e. The highest BCUT2D eigenvalue weighted by Gasteiger charge is 2.31. The summed E-state index contributed by atoms with van der Waals surface area (Å²) in [6.07, 6.45) is 6.77. The van der Waals surface area contributed by atoms with Crippen molar-refractivity contribution in [2.45, 2.75) is 65.0 Å². The third-order valence-corrected chi connectivity index (χ3v) is 6.01. The first kappa shape index (κ1) is 25.7. The summed E-state index contributed by atoms with van der Waals surface area (Å²) in [5.41, 5.74) is 1.11. The van der Waals surface area contributed by atoms with Gasteiger partial charge in [-0.2, -0.15) is 0 Å². The van der Waals surface area contributed by atoms with Crippen molar-refractivity contribution in [3.63, 3.8) is 0 Å². The molecule has 0 radical (unpaired) electrons. The van der Waals surface area contributed by atoms with Crippen molar-refractivity contribution in [3.8, 4) is 5.75 Å². The predicted octanol–water partition coefficient (Wildman–Crippen LogP) is 4.19. The van der Waals surface area contributed by atoms with Gasteiger partial charge in [0.05, 0.1) is 6.61 Å². The Morgan fingerprint density at radius 2 is 1.94 bits per heavy atom. The minimum Gasteiger partial charge on any atom is -0.493 e. The van der Waals surface area contributed by atoms with Gasteiger partial charge in [-0.15, -0.1) is 24.0 Å². The Morgan fingerprint density at radius 3 is 2.65 bits per heavy atom. The molecule has 31 heavy (non-hydrogen) atoms. The number of carbonyl (C=O) groups is 1. The molecule has 1 saturated heterocycles. The Balaban J connectivity index is 0.00000341. The number of likely N-dealkylation sites (tertiary alicyclic amines) is 1. The van der Waals surface area contributed by atoms with Gasteiger partial charge in [0.2, 0.25) is 5.91 Å². The van der Waals surface area contributed by atoms with Crippen LogP contribution in [0.5, 0.6) is 5.75 Å². The lowest BCUT2D eigenvalue weighted by molar-refractivity contribution is -0.135. The van der Waals surface area contributed by atoms with Crippen LogP contribution in [-0.2, 0) is 11.3 Å². The molecule has 2 fully saturated rings. The number of guanidine groups is 1. The molecule has 2 aliphatic rings. The molecule has 174 valence electrons. The molecular formula is C24H39IN4O2. The lowest BCUT2D eigenvalue weighted by atomic mass is 9.88. The van der Waals surface area contributed by atoms with Crippen LogP contribution in [-0.4, -0.2) is 49.6 Å². The fraction of sp³-hybridized carbons (Fsp3) is 0.667. The maximum absolute atomic E-state index is 12.8. The second kappa shape index (κ2) is 13.1. The van der Waals surface area contributed by atoms with E-state index in [-0.39, 0.29) is 35.9 Å². The molecule has 1 aromatic carbocycles. The second-order valence-electron chi connectivity index (χ2n) is 8.99. The van der Waals surface area contributed by atoms with Crippen molar-refractivity contribution in [2.75, 3.05) is 26.7 Å². The maximum Gasteiger partial charge on any atom is 0.225 e. The molecule has 1 unspecified atom stereocenters. The van der Waals surface area contributed by atoms with E-state index in [9.17, 15) is 4.79 Å². The van der Waals surface area contributed by atoms with Gasteiger partial charge < -0.3 is 20.3 Å². The summed E-state index contributed by atoms with van der Waals surface area (Å²) in [6, 6.07) is 8.37. The van der Waals surface area contributed by atoms with Gasteiger partial charge in [0.25, 0.3) is 0 Å². The fourth-order valence-electron chi connectivity index (χ4n) is 4.30. The SMILES string of the molecule is CN=C(NCc1ccccc1OCC(C)C)NC1CCN(C(=O)C2CCCCC2)C1.I. The number of carbonyl (C=O) groups excluding carboxylic acids is 1. The Kier molecular flexibility index (Phi) is 10.9. The number of aliphatic imine (C=N–C) groups is 1. The summed E-state index contributed by atoms with van der Waals surface area (Å²) in [5, 5.41) is 6.90. The number of nitrogens with one attached hydrogen (secondary N) is 2. The lowest BCUT2D eigenvalue weighted by Crippen LogP contribution is -2.45. The second-order valence-corrected chi connectivity index (χ2v) is 8.99. The van der Waals surface area contributed by atoms with Crippen LogP contribution in [0.1, 0.15) is 57.9 Å². The van der Waals surface area contributed by atoms with Crippen LogP contribution in [0.25, 0.3) is 0 Å². The molecular weight excluding hydrogens is 503 g/mol. The van der Waals surface area contributed by atoms with Crippen molar-refractivity contribution < 1.29 is 9.53 Å². The van der Waals surface area contributed by atoms with Crippen molar-refractivity contribution in [1.82, 2.24) is 15.5 Å². The smallest absolute Gasteiger partial charge is 0.225 e. The Morgan fingerprint density at radius 1 is 1.19 bits per heavy atom. The fourth-order valence-corrected chi connectivity index (χ4v) is 4.30. The van der Waals surface area contributed by atoms with E-state index in [2.05, 4.69) is 40.4 Å². The van der Waals surface area contributed by atoms with E-state index in [0.717, 1.165) is 49.6 Å². The lowest BCUT2D eigenvalue weighted by Gasteiger charge is -2.26. The van der Waals surface area contributed by atoms with E-state index in [1.54, 1.807) is 7.05 Å². The van der Waals surface area contributed by atoms with Crippen LogP contribution >= 0.6 is 24.0 Å². The van der Waals surface area contributed by atoms with E-state index in [4.69, 9.17) is 4.74 Å². The van der Waals surface area contributed by atoms with Crippen LogP contribution < -0.4 is 15.4 Å². The van der Waals surface area contributed by atoms with Crippen molar-refractivity contribution >= 4 is 35.8 Å². The summed E-state index contributed by atoms with van der Waals surface area (Å²) in [4.78, 5) is 19.2. The molecule has 7 heteroatoms. The van der Waals surface area contributed by atoms with Crippen LogP contribution in [0.2, 0.25) is 0 Å². The van der Waals surface area contributed by atoms with E-state index in [1.165, 1.54) is 19.3 Å². The zero-order valence-electron chi connectivity index (χ0n) is 19.2. The van der Waals surface area contributed by atoms with Crippen LogP contribution in [0.4, 0.5) is 0 Å². The van der Waals surface area contributed by atoms with Gasteiger partial charge in [0.1, 0.15) is 5.75 Å². The number of ether oxygens (including phenoxy) is 1. The van der Waals surface area contributed by atoms with Gasteiger partial charge >= 0.3 is 0 Å². The molecule has 1 aromatic rings. The highest BCUT2D eigenvalue weighted by Crippen LogP contribution is 2.26. The van der Waals surface area contributed by atoms with Gasteiger partial charge in [-0.25, -0.2) is 0 Å². The number of para-hydroxylation sites is 1. The van der Waals surface area contributed by atoms with Crippen molar-refractivity contribution in [1.29, 1.82) is 0 Å². The maximum atomic E-state index is 12.8. The number of benzene rings is 1. The first-order valence-electron chi connectivity index (χ1n) is 11.5. The molecule has 0 bridgehead atoms. The zero-order chi connectivity index (χ0) is 21.3. The van der Waals surface area contributed by atoms with E-state index < -0.39 is 0 Å². The van der Waals surface area contributed by atoms with Crippen molar-refractivity contribution in [2.24, 2.45) is 16.8 Å². The van der Waals surface area contributed by atoms with Gasteiger partial charge in [-0.3, -0.25) is 9.79 Å². The third-order valence-electron chi connectivity index (χ3n) is 6.01. The first-order chi connectivity index (χ1) is 14.6. The topological polar surface area (TPSA) is 66.0 Å². The average molecular weight is 543 g/mol. The van der Waals surface area contributed by atoms with Crippen LogP contribution in [0.3, 0.4) is 0 Å². The minimum atomic E-state index is 0. The highest BCUT2D eigenvalue weighted by atomic mass is 127. The first-order valence-corrected chi connectivity index (χ1v) is 11.5. The molecule has 1 amide bonds. The molecule has 1 aliphatic heterocycles. The Labute approximate surface area is 204 Å². The predicted molar refractivity (Wildman–Crippen MR) is 137 cm³/mol. The van der Waals surface area contributed by atoms with Crippen LogP contribution in [0, 0.1) is 11.8 Å². The molecule has 1 heterocycles. The molecule has 0 aromatic heterocycles. The molecule has 1 saturated carbocycles. The van der Waals surface area contributed by atoms with Crippen molar-refractivity contribution in [3.05, 3.63) is 29.8 Å². The summed E-state index contributed by atoms with van der Waals surface area (Å²) in [6.45, 7) is 7.26. The number of hydrogen-bond acceptors (Lipinski definition) is 3. The molecule has 2 N–H and O–H groups in total. The number of nitrogens with zero attached hydrogens (tertiary/aromatic N) is 2. The summed E-state index contributed by atoms with van der Waals surface area (Å²) in [5.74, 6) is 2.78. The standard InChI is InChI=1S/C24H38N4O2.HI/c1-18(2)17-30-22-12-8-7-11-20(22)15-26-24(25-3)27-21-13-14-28(16-21)23(29)19-9-5-4-6-10-19;/h7-8,11-12,18-19,21H,4-6,9-10,13-17H2,1-3H3,(H2,25,26,27);1H. The molecule has 1 atom stereocenters. The molecule has 1 aliphatic carbocycles. The monoisotopic (exact) mass is 542 g/mol. The van der Waals surface area contributed by atoms with E-state index >= 15 is 0 Å². The Bertz CT molecular complexity index is 719. The number of halogens is 1. The molecule has 6 nitrogen and oxygen atoms in total. The van der Waals surface area contributed by atoms with Gasteiger partial charge in [0, 0.05) is 44.2 Å². The number of rotatable bonds is 7. The Hall–Kier alpha value is -1.51. The van der Waals surface area contributed by atoms with Crippen LogP contribution in [0.15, 0.2) is 29.3 Å². The number of amides is 1. The minimum absolute atomic E-state index is 0. The van der Waals surface area contributed by atoms with Gasteiger partial charge in [0.15, 0.2) is 5.96 Å². The zero-order valence-corrected chi connectivity index (χ0v) is 21.6. The van der Waals surface area contributed by atoms with E-state index in [0.29, 0.717) is 25.0 Å². The van der Waals surface area contributed by atoms with Gasteiger partial charge in [-0.05, 0) is 31.2 Å².